The molecule has 3 nitrogen and oxygen atoms in total. The molecule has 0 amide bonds. The number of fused-ring (bicyclic) bond motifs is 14. The fourth-order valence-electron chi connectivity index (χ4n) is 10.7. The number of rotatable bonds is 4. The molecule has 0 fully saturated rings. The lowest BCUT2D eigenvalue weighted by molar-refractivity contribution is 0.794. The molecule has 0 unspecified atom stereocenters. The molecule has 0 saturated carbocycles. The zero-order chi connectivity index (χ0) is 39.4. The van der Waals surface area contributed by atoms with Gasteiger partial charge in [0.05, 0.1) is 27.7 Å². The van der Waals surface area contributed by atoms with Gasteiger partial charge in [-0.25, -0.2) is 9.97 Å². The van der Waals surface area contributed by atoms with E-state index in [1.54, 1.807) is 0 Å². The van der Waals surface area contributed by atoms with Gasteiger partial charge >= 0.3 is 0 Å². The Morgan fingerprint density at radius 3 is 1.72 bits per heavy atom. The van der Waals surface area contributed by atoms with Crippen LogP contribution in [0, 0.1) is 0 Å². The van der Waals surface area contributed by atoms with Crippen molar-refractivity contribution in [3.05, 3.63) is 235 Å². The van der Waals surface area contributed by atoms with Gasteiger partial charge in [-0.05, 0) is 98.1 Å². The zero-order valence-electron chi connectivity index (χ0n) is 32.5. The summed E-state index contributed by atoms with van der Waals surface area (Å²) in [5, 5.41) is 3.41. The van der Waals surface area contributed by atoms with Crippen molar-refractivity contribution in [2.24, 2.45) is 0 Å². The molecule has 13 rings (SSSR count). The fraction of sp³-hybridized carbons (Fsp3) is 0.0175. The molecule has 0 radical (unpaired) electrons. The number of benzene rings is 9. The van der Waals surface area contributed by atoms with Crippen LogP contribution in [0.5, 0.6) is 0 Å². The Morgan fingerprint density at radius 1 is 0.367 bits per heavy atom. The molecular weight excluding hydrogens is 727 g/mol. The molecule has 0 aliphatic heterocycles. The maximum atomic E-state index is 5.31. The molecule has 0 bridgehead atoms. The molecule has 11 aromatic rings. The standard InChI is InChI=1S/C57H35N3/c1-3-17-36(18-4-1)55-44-24-10-14-31-50(44)58-56(59-55)37-33-34-51-45(35-37)54-42(26-16-32-52(54)60(51)38-19-5-2-6-20-38)41-25-15-30-49-53(41)43-23-9-13-29-48(43)57(49)46-27-11-7-21-39(46)40-22-8-12-28-47(40)57/h1-35H. The van der Waals surface area contributed by atoms with E-state index in [2.05, 4.69) is 211 Å². The van der Waals surface area contributed by atoms with Crippen LogP contribution in [0.4, 0.5) is 0 Å². The first-order chi connectivity index (χ1) is 29.8. The minimum Gasteiger partial charge on any atom is -0.309 e. The summed E-state index contributed by atoms with van der Waals surface area (Å²) in [4.78, 5) is 10.5. The third kappa shape index (κ3) is 4.44. The fourth-order valence-corrected chi connectivity index (χ4v) is 10.7. The molecule has 1 spiro atoms. The first kappa shape index (κ1) is 33.1. The van der Waals surface area contributed by atoms with Crippen molar-refractivity contribution in [2.75, 3.05) is 0 Å². The number of hydrogen-bond acceptors (Lipinski definition) is 2. The molecule has 278 valence electrons. The van der Waals surface area contributed by atoms with E-state index in [0.717, 1.165) is 49.8 Å². The topological polar surface area (TPSA) is 30.7 Å². The van der Waals surface area contributed by atoms with E-state index in [1.807, 2.05) is 6.07 Å². The van der Waals surface area contributed by atoms with Crippen molar-refractivity contribution in [2.45, 2.75) is 5.41 Å². The molecular formula is C57H35N3. The lowest BCUT2D eigenvalue weighted by atomic mass is 9.70. The summed E-state index contributed by atoms with van der Waals surface area (Å²) in [6.07, 6.45) is 0. The molecule has 2 aliphatic carbocycles. The molecule has 2 aromatic heterocycles. The van der Waals surface area contributed by atoms with E-state index in [0.29, 0.717) is 5.82 Å². The van der Waals surface area contributed by atoms with Gasteiger partial charge in [0.25, 0.3) is 0 Å². The molecule has 0 N–H and O–H groups in total. The average Bonchev–Trinajstić information content (AvgIpc) is 3.93. The summed E-state index contributed by atoms with van der Waals surface area (Å²) >= 11 is 0. The van der Waals surface area contributed by atoms with Crippen LogP contribution in [0.15, 0.2) is 212 Å². The van der Waals surface area contributed by atoms with E-state index in [-0.39, 0.29) is 0 Å². The number of nitrogens with zero attached hydrogens (tertiary/aromatic N) is 3. The van der Waals surface area contributed by atoms with Crippen LogP contribution in [0.3, 0.4) is 0 Å². The zero-order valence-corrected chi connectivity index (χ0v) is 32.5. The Balaban J connectivity index is 1.11. The highest BCUT2D eigenvalue weighted by Gasteiger charge is 2.52. The van der Waals surface area contributed by atoms with Gasteiger partial charge in [0.15, 0.2) is 5.82 Å². The Labute approximate surface area is 347 Å². The first-order valence-corrected chi connectivity index (χ1v) is 20.7. The monoisotopic (exact) mass is 761 g/mol. The molecule has 9 aromatic carbocycles. The molecule has 2 aliphatic rings. The summed E-state index contributed by atoms with van der Waals surface area (Å²) in [6.45, 7) is 0. The van der Waals surface area contributed by atoms with Crippen LogP contribution in [-0.2, 0) is 5.41 Å². The van der Waals surface area contributed by atoms with Crippen LogP contribution in [-0.4, -0.2) is 14.5 Å². The van der Waals surface area contributed by atoms with E-state index in [9.17, 15) is 0 Å². The SMILES string of the molecule is c1ccc(-c2nc(-c3ccc4c(c3)c3c(-c5cccc6c5-c5ccccc5C65c6ccccc6-c6ccccc65)cccc3n4-c3ccccc3)nc3ccccc23)cc1. The minimum absolute atomic E-state index is 0.419. The quantitative estimate of drug-likeness (QED) is 0.179. The number of aromatic nitrogens is 3. The van der Waals surface area contributed by atoms with Gasteiger partial charge in [-0.15, -0.1) is 0 Å². The highest BCUT2D eigenvalue weighted by Crippen LogP contribution is 2.64. The van der Waals surface area contributed by atoms with Gasteiger partial charge in [0.1, 0.15) is 0 Å². The van der Waals surface area contributed by atoms with Crippen LogP contribution in [0.25, 0.3) is 94.4 Å². The molecule has 0 saturated heterocycles. The maximum Gasteiger partial charge on any atom is 0.160 e. The van der Waals surface area contributed by atoms with E-state index >= 15 is 0 Å². The summed E-state index contributed by atoms with van der Waals surface area (Å²) < 4.78 is 2.41. The Bertz CT molecular complexity index is 3500. The van der Waals surface area contributed by atoms with Crippen molar-refractivity contribution >= 4 is 32.7 Å². The molecule has 0 atom stereocenters. The van der Waals surface area contributed by atoms with Crippen molar-refractivity contribution in [3.8, 4) is 61.7 Å². The van der Waals surface area contributed by atoms with E-state index in [4.69, 9.17) is 9.97 Å². The van der Waals surface area contributed by atoms with Gasteiger partial charge in [-0.1, -0.05) is 170 Å². The van der Waals surface area contributed by atoms with Crippen molar-refractivity contribution < 1.29 is 0 Å². The Morgan fingerprint density at radius 2 is 0.950 bits per heavy atom. The Kier molecular flexibility index (Phi) is 6.93. The third-order valence-corrected chi connectivity index (χ3v) is 13.0. The smallest absolute Gasteiger partial charge is 0.160 e. The first-order valence-electron chi connectivity index (χ1n) is 20.7. The number of hydrogen-bond donors (Lipinski definition) is 0. The lowest BCUT2D eigenvalue weighted by Crippen LogP contribution is -2.25. The van der Waals surface area contributed by atoms with Crippen LogP contribution < -0.4 is 0 Å². The largest absolute Gasteiger partial charge is 0.309 e. The van der Waals surface area contributed by atoms with Crippen LogP contribution in [0.1, 0.15) is 22.3 Å². The Hall–Kier alpha value is -7.88. The van der Waals surface area contributed by atoms with Gasteiger partial charge in [0.2, 0.25) is 0 Å². The molecule has 60 heavy (non-hydrogen) atoms. The second-order valence-corrected chi connectivity index (χ2v) is 16.0. The summed E-state index contributed by atoms with van der Waals surface area (Å²) in [5.74, 6) is 0.711. The van der Waals surface area contributed by atoms with Crippen LogP contribution >= 0.6 is 0 Å². The third-order valence-electron chi connectivity index (χ3n) is 13.0. The van der Waals surface area contributed by atoms with Gasteiger partial charge in [-0.2, -0.15) is 0 Å². The maximum absolute atomic E-state index is 5.31. The van der Waals surface area contributed by atoms with Crippen molar-refractivity contribution in [1.82, 2.24) is 14.5 Å². The molecule has 3 heteroatoms. The summed E-state index contributed by atoms with van der Waals surface area (Å²) in [6, 6.07) is 77.3. The van der Waals surface area contributed by atoms with E-state index < -0.39 is 5.41 Å². The summed E-state index contributed by atoms with van der Waals surface area (Å²) in [7, 11) is 0. The lowest BCUT2D eigenvalue weighted by Gasteiger charge is -2.30. The predicted molar refractivity (Wildman–Crippen MR) is 246 cm³/mol. The minimum atomic E-state index is -0.419. The van der Waals surface area contributed by atoms with Gasteiger partial charge < -0.3 is 4.57 Å². The van der Waals surface area contributed by atoms with Gasteiger partial charge in [0, 0.05) is 33.0 Å². The average molecular weight is 762 g/mol. The predicted octanol–water partition coefficient (Wildman–Crippen LogP) is 14.1. The normalized spacial score (nSPS) is 13.1. The van der Waals surface area contributed by atoms with Crippen LogP contribution in [0.2, 0.25) is 0 Å². The highest BCUT2D eigenvalue weighted by atomic mass is 15.0. The van der Waals surface area contributed by atoms with Crippen molar-refractivity contribution in [1.29, 1.82) is 0 Å². The second-order valence-electron chi connectivity index (χ2n) is 16.0. The highest BCUT2D eigenvalue weighted by molar-refractivity contribution is 6.18. The van der Waals surface area contributed by atoms with Crippen molar-refractivity contribution in [3.63, 3.8) is 0 Å². The molecule has 2 heterocycles. The van der Waals surface area contributed by atoms with Gasteiger partial charge in [-0.3, -0.25) is 0 Å². The number of para-hydroxylation sites is 2. The van der Waals surface area contributed by atoms with E-state index in [1.165, 1.54) is 61.0 Å². The summed E-state index contributed by atoms with van der Waals surface area (Å²) in [5.41, 5.74) is 19.9. The second kappa shape index (κ2) is 12.6.